The molecule has 2 aromatic carbocycles. The van der Waals surface area contributed by atoms with Crippen molar-refractivity contribution in [1.29, 1.82) is 0 Å². The molecule has 2 aromatic rings. The number of nitrogens with two attached hydrogens (primary N) is 2. The molecule has 0 fully saturated rings. The van der Waals surface area contributed by atoms with Gasteiger partial charge in [0.1, 0.15) is 0 Å². The minimum Gasteiger partial charge on any atom is -0.351 e. The molecule has 0 bridgehead atoms. The van der Waals surface area contributed by atoms with Gasteiger partial charge in [-0.15, -0.1) is 0 Å². The predicted octanol–water partition coefficient (Wildman–Crippen LogP) is 2.13. The summed E-state index contributed by atoms with van der Waals surface area (Å²) >= 11 is 1.89. The number of nitrogens with one attached hydrogen (secondary N) is 1. The zero-order chi connectivity index (χ0) is 15.9. The molecule has 0 aliphatic rings. The fourth-order valence-electron chi connectivity index (χ4n) is 2.44. The molecule has 118 valence electrons. The molecule has 0 aromatic heterocycles. The molecule has 0 radical (unpaired) electrons. The first-order valence-corrected chi connectivity index (χ1v) is 8.63. The monoisotopic (exact) mass is 317 g/mol. The van der Waals surface area contributed by atoms with Crippen molar-refractivity contribution in [2.24, 2.45) is 11.5 Å². The highest BCUT2D eigenvalue weighted by Crippen LogP contribution is 2.26. The Bertz CT molecular complexity index is 658. The van der Waals surface area contributed by atoms with Crippen molar-refractivity contribution in [2.45, 2.75) is 25.8 Å². The van der Waals surface area contributed by atoms with Crippen LogP contribution in [0.2, 0.25) is 0 Å². The molecule has 0 saturated carbocycles. The second-order valence-corrected chi connectivity index (χ2v) is 6.36. The van der Waals surface area contributed by atoms with Crippen molar-refractivity contribution >= 4 is 28.4 Å². The van der Waals surface area contributed by atoms with Crippen LogP contribution < -0.4 is 16.8 Å². The number of hydrogen-bond acceptors (Lipinski definition) is 4. The molecular formula is C17H23N3OS. The van der Waals surface area contributed by atoms with Gasteiger partial charge in [0.05, 0.1) is 6.54 Å². The van der Waals surface area contributed by atoms with Gasteiger partial charge in [0.2, 0.25) is 5.91 Å². The van der Waals surface area contributed by atoms with Gasteiger partial charge in [0.15, 0.2) is 0 Å². The molecule has 0 heterocycles. The zero-order valence-corrected chi connectivity index (χ0v) is 13.7. The van der Waals surface area contributed by atoms with Crippen molar-refractivity contribution in [3.05, 3.63) is 47.0 Å². The molecule has 0 aliphatic heterocycles. The average molecular weight is 317 g/mol. The smallest absolute Gasteiger partial charge is 0.234 e. The minimum atomic E-state index is -0.146. The Balaban J connectivity index is 2.37. The lowest BCUT2D eigenvalue weighted by atomic mass is 9.98. The summed E-state index contributed by atoms with van der Waals surface area (Å²) in [5.74, 6) is 1.92. The molecule has 0 aliphatic carbocycles. The van der Waals surface area contributed by atoms with Gasteiger partial charge in [-0.05, 0) is 45.3 Å². The fourth-order valence-corrected chi connectivity index (χ4v) is 3.13. The van der Waals surface area contributed by atoms with E-state index in [4.69, 9.17) is 11.5 Å². The second-order valence-electron chi connectivity index (χ2n) is 5.08. The molecule has 0 spiro atoms. The minimum absolute atomic E-state index is 0.0111. The Labute approximate surface area is 135 Å². The van der Waals surface area contributed by atoms with E-state index in [0.717, 1.165) is 22.5 Å². The number of amides is 1. The standard InChI is InChI=1S/C17H23N3OS/c1-2-22-11-15-6-12-4-3-5-13(10-20-17(21)9-19)16(12)7-14(15)8-18/h3-7H,2,8-11,18-19H2,1H3,(H,20,21). The number of carbonyl (C=O) groups excluding carboxylic acids is 1. The van der Waals surface area contributed by atoms with E-state index in [1.54, 1.807) is 0 Å². The van der Waals surface area contributed by atoms with Crippen LogP contribution in [0.25, 0.3) is 10.8 Å². The molecule has 4 nitrogen and oxygen atoms in total. The van der Waals surface area contributed by atoms with Gasteiger partial charge < -0.3 is 16.8 Å². The second kappa shape index (κ2) is 8.17. The molecular weight excluding hydrogens is 294 g/mol. The summed E-state index contributed by atoms with van der Waals surface area (Å²) in [5, 5.41) is 5.16. The number of thioether (sulfide) groups is 1. The largest absolute Gasteiger partial charge is 0.351 e. The third kappa shape index (κ3) is 4.00. The number of rotatable bonds is 7. The molecule has 5 heteroatoms. The summed E-state index contributed by atoms with van der Waals surface area (Å²) < 4.78 is 0. The van der Waals surface area contributed by atoms with E-state index in [2.05, 4.69) is 30.4 Å². The van der Waals surface area contributed by atoms with Crippen LogP contribution >= 0.6 is 11.8 Å². The first-order chi connectivity index (χ1) is 10.7. The third-order valence-corrected chi connectivity index (χ3v) is 4.56. The summed E-state index contributed by atoms with van der Waals surface area (Å²) in [6.07, 6.45) is 0. The summed E-state index contributed by atoms with van der Waals surface area (Å²) in [5.41, 5.74) is 14.8. The Hall–Kier alpha value is -1.56. The number of hydrogen-bond donors (Lipinski definition) is 3. The van der Waals surface area contributed by atoms with Crippen LogP contribution in [0.4, 0.5) is 0 Å². The maximum atomic E-state index is 11.4. The fraction of sp³-hybridized carbons (Fsp3) is 0.353. The van der Waals surface area contributed by atoms with E-state index in [-0.39, 0.29) is 12.5 Å². The average Bonchev–Trinajstić information content (AvgIpc) is 2.56. The molecule has 0 unspecified atom stereocenters. The molecule has 2 rings (SSSR count). The van der Waals surface area contributed by atoms with E-state index >= 15 is 0 Å². The van der Waals surface area contributed by atoms with Crippen molar-refractivity contribution in [3.8, 4) is 0 Å². The topological polar surface area (TPSA) is 81.1 Å². The van der Waals surface area contributed by atoms with Crippen LogP contribution in [0.3, 0.4) is 0 Å². The zero-order valence-electron chi connectivity index (χ0n) is 12.9. The van der Waals surface area contributed by atoms with Crippen LogP contribution in [-0.2, 0) is 23.6 Å². The van der Waals surface area contributed by atoms with E-state index in [0.29, 0.717) is 13.1 Å². The van der Waals surface area contributed by atoms with E-state index < -0.39 is 0 Å². The van der Waals surface area contributed by atoms with E-state index in [1.807, 2.05) is 23.9 Å². The first-order valence-electron chi connectivity index (χ1n) is 7.47. The van der Waals surface area contributed by atoms with Gasteiger partial charge in [-0.1, -0.05) is 25.1 Å². The highest BCUT2D eigenvalue weighted by atomic mass is 32.2. The van der Waals surface area contributed by atoms with Gasteiger partial charge in [-0.3, -0.25) is 4.79 Å². The summed E-state index contributed by atoms with van der Waals surface area (Å²) in [4.78, 5) is 11.4. The molecule has 5 N–H and O–H groups in total. The summed E-state index contributed by atoms with van der Waals surface area (Å²) in [7, 11) is 0. The Morgan fingerprint density at radius 3 is 2.68 bits per heavy atom. The van der Waals surface area contributed by atoms with Gasteiger partial charge in [0, 0.05) is 18.8 Å². The maximum Gasteiger partial charge on any atom is 0.234 e. The summed E-state index contributed by atoms with van der Waals surface area (Å²) in [6.45, 7) is 3.18. The van der Waals surface area contributed by atoms with E-state index in [1.165, 1.54) is 16.5 Å². The molecule has 1 amide bonds. The summed E-state index contributed by atoms with van der Waals surface area (Å²) in [6, 6.07) is 10.5. The van der Waals surface area contributed by atoms with Crippen molar-refractivity contribution < 1.29 is 4.79 Å². The lowest BCUT2D eigenvalue weighted by Gasteiger charge is -2.13. The Morgan fingerprint density at radius 1 is 1.18 bits per heavy atom. The quantitative estimate of drug-likeness (QED) is 0.731. The molecule has 22 heavy (non-hydrogen) atoms. The first kappa shape index (κ1) is 16.8. The van der Waals surface area contributed by atoms with Crippen LogP contribution in [0.5, 0.6) is 0 Å². The van der Waals surface area contributed by atoms with Gasteiger partial charge in [-0.2, -0.15) is 11.8 Å². The van der Waals surface area contributed by atoms with Crippen LogP contribution in [0.1, 0.15) is 23.6 Å². The van der Waals surface area contributed by atoms with Crippen LogP contribution in [0, 0.1) is 0 Å². The highest BCUT2D eigenvalue weighted by molar-refractivity contribution is 7.98. The third-order valence-electron chi connectivity index (χ3n) is 3.63. The highest BCUT2D eigenvalue weighted by Gasteiger charge is 2.08. The Kier molecular flexibility index (Phi) is 6.24. The lowest BCUT2D eigenvalue weighted by Crippen LogP contribution is -2.29. The van der Waals surface area contributed by atoms with Crippen molar-refractivity contribution in [3.63, 3.8) is 0 Å². The number of fused-ring (bicyclic) bond motifs is 1. The van der Waals surface area contributed by atoms with E-state index in [9.17, 15) is 4.79 Å². The predicted molar refractivity (Wildman–Crippen MR) is 94.6 cm³/mol. The molecule has 0 saturated heterocycles. The van der Waals surface area contributed by atoms with Gasteiger partial charge in [-0.25, -0.2) is 0 Å². The molecule has 0 atom stereocenters. The maximum absolute atomic E-state index is 11.4. The van der Waals surface area contributed by atoms with Crippen molar-refractivity contribution in [2.75, 3.05) is 12.3 Å². The SMILES string of the molecule is CCSCc1cc2cccc(CNC(=O)CN)c2cc1CN. The normalized spacial score (nSPS) is 10.9. The number of benzene rings is 2. The van der Waals surface area contributed by atoms with Gasteiger partial charge in [0.25, 0.3) is 0 Å². The lowest BCUT2D eigenvalue weighted by molar-refractivity contribution is -0.119. The van der Waals surface area contributed by atoms with Crippen LogP contribution in [-0.4, -0.2) is 18.2 Å². The number of carbonyl (C=O) groups is 1. The van der Waals surface area contributed by atoms with Crippen LogP contribution in [0.15, 0.2) is 30.3 Å². The van der Waals surface area contributed by atoms with Crippen molar-refractivity contribution in [1.82, 2.24) is 5.32 Å². The Morgan fingerprint density at radius 2 is 2.00 bits per heavy atom. The van der Waals surface area contributed by atoms with Gasteiger partial charge >= 0.3 is 0 Å².